The summed E-state index contributed by atoms with van der Waals surface area (Å²) in [5, 5.41) is 12.3. The van der Waals surface area contributed by atoms with Crippen molar-refractivity contribution in [2.75, 3.05) is 26.2 Å². The lowest BCUT2D eigenvalue weighted by Crippen LogP contribution is -2.49. The van der Waals surface area contributed by atoms with Gasteiger partial charge in [-0.25, -0.2) is 9.59 Å². The first-order chi connectivity index (χ1) is 14.6. The van der Waals surface area contributed by atoms with Gasteiger partial charge in [-0.15, -0.1) is 0 Å². The van der Waals surface area contributed by atoms with Crippen LogP contribution >= 0.6 is 0 Å². The van der Waals surface area contributed by atoms with Crippen molar-refractivity contribution in [3.05, 3.63) is 71.3 Å². The highest BCUT2D eigenvalue weighted by atomic mass is 16.5. The molecule has 0 spiro atoms. The van der Waals surface area contributed by atoms with E-state index >= 15 is 0 Å². The van der Waals surface area contributed by atoms with Crippen molar-refractivity contribution >= 4 is 11.9 Å². The molecule has 3 aliphatic heterocycles. The molecule has 3 fully saturated rings. The van der Waals surface area contributed by atoms with E-state index in [2.05, 4.69) is 10.2 Å². The van der Waals surface area contributed by atoms with Crippen LogP contribution in [-0.2, 0) is 16.1 Å². The van der Waals surface area contributed by atoms with E-state index in [0.717, 1.165) is 17.7 Å². The van der Waals surface area contributed by atoms with Gasteiger partial charge in [0.1, 0.15) is 6.04 Å². The zero-order valence-corrected chi connectivity index (χ0v) is 17.0. The molecule has 2 aromatic carbocycles. The van der Waals surface area contributed by atoms with Crippen LogP contribution in [0.25, 0.3) is 0 Å². The third-order valence-corrected chi connectivity index (χ3v) is 6.31. The Kier molecular flexibility index (Phi) is 6.45. The third-order valence-electron chi connectivity index (χ3n) is 6.31. The molecule has 3 aliphatic rings. The van der Waals surface area contributed by atoms with Crippen LogP contribution in [0.3, 0.4) is 0 Å². The van der Waals surface area contributed by atoms with Gasteiger partial charge >= 0.3 is 11.9 Å². The van der Waals surface area contributed by atoms with E-state index in [0.29, 0.717) is 25.0 Å². The van der Waals surface area contributed by atoms with Gasteiger partial charge in [0.2, 0.25) is 0 Å². The van der Waals surface area contributed by atoms with Crippen LogP contribution in [0.15, 0.2) is 54.6 Å². The molecule has 158 valence electrons. The second-order valence-electron chi connectivity index (χ2n) is 8.25. The minimum atomic E-state index is -0.951. The molecule has 6 heteroatoms. The first-order valence-electron chi connectivity index (χ1n) is 10.6. The second-order valence-corrected chi connectivity index (χ2v) is 8.25. The van der Waals surface area contributed by atoms with Crippen molar-refractivity contribution in [2.45, 2.75) is 25.4 Å². The van der Waals surface area contributed by atoms with Gasteiger partial charge in [0, 0.05) is 19.0 Å². The van der Waals surface area contributed by atoms with Crippen molar-refractivity contribution in [3.63, 3.8) is 0 Å². The van der Waals surface area contributed by atoms with Crippen LogP contribution in [0.4, 0.5) is 0 Å². The van der Waals surface area contributed by atoms with Gasteiger partial charge in [0.25, 0.3) is 0 Å². The number of carbonyl (C=O) groups is 2. The van der Waals surface area contributed by atoms with Gasteiger partial charge in [-0.3, -0.25) is 5.32 Å². The fourth-order valence-electron chi connectivity index (χ4n) is 4.52. The minimum absolute atomic E-state index is 0.246. The van der Waals surface area contributed by atoms with Crippen molar-refractivity contribution in [1.82, 2.24) is 10.2 Å². The molecule has 2 aromatic rings. The molecule has 3 heterocycles. The molecular weight excluding hydrogens is 380 g/mol. The molecule has 3 saturated heterocycles. The maximum absolute atomic E-state index is 13.0. The van der Waals surface area contributed by atoms with Crippen LogP contribution in [0.1, 0.15) is 40.4 Å². The SMILES string of the molecule is O=C(O)c1ccc(CNC(C(=O)OC[C@@H]2CN3CCC2CC3)c2ccccc2)cc1. The number of rotatable bonds is 8. The third kappa shape index (κ3) is 4.89. The fourth-order valence-corrected chi connectivity index (χ4v) is 4.52. The molecule has 0 aromatic heterocycles. The van der Waals surface area contributed by atoms with Gasteiger partial charge in [-0.05, 0) is 55.1 Å². The number of carboxylic acids is 1. The van der Waals surface area contributed by atoms with E-state index in [4.69, 9.17) is 9.84 Å². The van der Waals surface area contributed by atoms with Crippen LogP contribution in [0.5, 0.6) is 0 Å². The van der Waals surface area contributed by atoms with Crippen molar-refractivity contribution < 1.29 is 19.4 Å². The van der Waals surface area contributed by atoms with Gasteiger partial charge in [-0.1, -0.05) is 42.5 Å². The highest BCUT2D eigenvalue weighted by Gasteiger charge is 2.35. The number of nitrogens with one attached hydrogen (secondary N) is 1. The van der Waals surface area contributed by atoms with Crippen LogP contribution in [0, 0.1) is 11.8 Å². The van der Waals surface area contributed by atoms with Crippen molar-refractivity contribution in [2.24, 2.45) is 11.8 Å². The highest BCUT2D eigenvalue weighted by molar-refractivity contribution is 5.87. The largest absolute Gasteiger partial charge is 0.478 e. The molecular formula is C24H28N2O4. The molecule has 30 heavy (non-hydrogen) atoms. The number of hydrogen-bond acceptors (Lipinski definition) is 5. The van der Waals surface area contributed by atoms with E-state index in [-0.39, 0.29) is 11.5 Å². The summed E-state index contributed by atoms with van der Waals surface area (Å²) in [6.07, 6.45) is 2.41. The number of carbonyl (C=O) groups excluding carboxylic acids is 1. The molecule has 0 radical (unpaired) electrons. The predicted octanol–water partition coefficient (Wildman–Crippen LogP) is 3.10. The predicted molar refractivity (Wildman–Crippen MR) is 113 cm³/mol. The number of aromatic carboxylic acids is 1. The zero-order chi connectivity index (χ0) is 20.9. The number of piperidine rings is 3. The van der Waals surface area contributed by atoms with E-state index in [9.17, 15) is 9.59 Å². The maximum atomic E-state index is 13.0. The monoisotopic (exact) mass is 408 g/mol. The molecule has 2 bridgehead atoms. The molecule has 2 atom stereocenters. The van der Waals surface area contributed by atoms with Crippen LogP contribution in [-0.4, -0.2) is 48.2 Å². The Morgan fingerprint density at radius 3 is 2.37 bits per heavy atom. The van der Waals surface area contributed by atoms with Gasteiger partial charge in [0.15, 0.2) is 0 Å². The van der Waals surface area contributed by atoms with E-state index in [1.54, 1.807) is 24.3 Å². The fraction of sp³-hybridized carbons (Fsp3) is 0.417. The van der Waals surface area contributed by atoms with Crippen molar-refractivity contribution in [1.29, 1.82) is 0 Å². The molecule has 0 amide bonds. The molecule has 1 unspecified atom stereocenters. The van der Waals surface area contributed by atoms with Gasteiger partial charge in [0.05, 0.1) is 12.2 Å². The number of carboxylic acid groups (broad SMARTS) is 1. The lowest BCUT2D eigenvalue weighted by atomic mass is 9.79. The standard InChI is InChI=1S/C24H28N2O4/c27-23(28)20-8-6-17(7-9-20)14-25-22(19-4-2-1-3-5-19)24(29)30-16-21-15-26-12-10-18(21)11-13-26/h1-9,18,21-22,25H,10-16H2,(H,27,28)/t21-,22?/m0/s1. The normalized spacial score (nSPS) is 23.7. The average Bonchev–Trinajstić information content (AvgIpc) is 2.79. The summed E-state index contributed by atoms with van der Waals surface area (Å²) in [6.45, 7) is 4.28. The maximum Gasteiger partial charge on any atom is 0.335 e. The average molecular weight is 408 g/mol. The summed E-state index contributed by atoms with van der Waals surface area (Å²) in [5.41, 5.74) is 2.01. The number of hydrogen-bond donors (Lipinski definition) is 2. The summed E-state index contributed by atoms with van der Waals surface area (Å²) in [4.78, 5) is 26.5. The van der Waals surface area contributed by atoms with Crippen LogP contribution < -0.4 is 5.32 Å². The molecule has 6 nitrogen and oxygen atoms in total. The summed E-state index contributed by atoms with van der Waals surface area (Å²) >= 11 is 0. The number of ether oxygens (including phenoxy) is 1. The van der Waals surface area contributed by atoms with E-state index in [1.165, 1.54) is 25.9 Å². The quantitative estimate of drug-likeness (QED) is 0.654. The number of nitrogens with zero attached hydrogens (tertiary/aromatic N) is 1. The van der Waals surface area contributed by atoms with Crippen LogP contribution in [0.2, 0.25) is 0 Å². The topological polar surface area (TPSA) is 78.9 Å². The Balaban J connectivity index is 1.39. The summed E-state index contributed by atoms with van der Waals surface area (Å²) in [7, 11) is 0. The minimum Gasteiger partial charge on any atom is -0.478 e. The van der Waals surface area contributed by atoms with Gasteiger partial charge in [-0.2, -0.15) is 0 Å². The first-order valence-corrected chi connectivity index (χ1v) is 10.6. The second kappa shape index (κ2) is 9.41. The summed E-state index contributed by atoms with van der Waals surface area (Å²) in [6, 6.07) is 15.7. The first kappa shape index (κ1) is 20.6. The van der Waals surface area contributed by atoms with Gasteiger partial charge < -0.3 is 14.7 Å². The Labute approximate surface area is 176 Å². The lowest BCUT2D eigenvalue weighted by molar-refractivity contribution is -0.150. The molecule has 5 rings (SSSR count). The van der Waals surface area contributed by atoms with Crippen molar-refractivity contribution in [3.8, 4) is 0 Å². The number of benzene rings is 2. The zero-order valence-electron chi connectivity index (χ0n) is 17.0. The lowest BCUT2D eigenvalue weighted by Gasteiger charge is -2.44. The van der Waals surface area contributed by atoms with E-state index < -0.39 is 12.0 Å². The summed E-state index contributed by atoms with van der Waals surface area (Å²) in [5.74, 6) is -0.122. The Hall–Kier alpha value is -2.70. The molecule has 0 aliphatic carbocycles. The molecule has 0 saturated carbocycles. The number of fused-ring (bicyclic) bond motifs is 3. The molecule has 2 N–H and O–H groups in total. The number of esters is 1. The Morgan fingerprint density at radius 2 is 1.77 bits per heavy atom. The Bertz CT molecular complexity index is 861. The summed E-state index contributed by atoms with van der Waals surface area (Å²) < 4.78 is 5.78. The smallest absolute Gasteiger partial charge is 0.335 e. The highest BCUT2D eigenvalue weighted by Crippen LogP contribution is 2.32. The Morgan fingerprint density at radius 1 is 1.07 bits per heavy atom. The van der Waals surface area contributed by atoms with E-state index in [1.807, 2.05) is 30.3 Å².